The van der Waals surface area contributed by atoms with Gasteiger partial charge < -0.3 is 10.1 Å². The molecule has 2 N–H and O–H groups in total. The van der Waals surface area contributed by atoms with Crippen molar-refractivity contribution in [2.75, 3.05) is 0 Å². The molecule has 0 saturated carbocycles. The number of carboxylic acid groups (broad SMARTS) is 1. The van der Waals surface area contributed by atoms with Crippen molar-refractivity contribution in [2.24, 2.45) is 0 Å². The molecule has 0 aromatic carbocycles. The third kappa shape index (κ3) is 2.74. The normalized spacial score (nSPS) is 10.7. The van der Waals surface area contributed by atoms with Crippen LogP contribution in [0.3, 0.4) is 0 Å². The highest BCUT2D eigenvalue weighted by Crippen LogP contribution is 2.27. The first-order valence-electron chi connectivity index (χ1n) is 5.39. The maximum atomic E-state index is 10.5. The molecule has 17 heavy (non-hydrogen) atoms. The van der Waals surface area contributed by atoms with Gasteiger partial charge in [-0.25, -0.2) is 4.98 Å². The third-order valence-corrected chi connectivity index (χ3v) is 3.45. The summed E-state index contributed by atoms with van der Waals surface area (Å²) >= 11 is 1.56. The zero-order valence-electron chi connectivity index (χ0n) is 9.78. The summed E-state index contributed by atoms with van der Waals surface area (Å²) in [5.74, 6) is -0.784. The number of hydrogen-bond donors (Lipinski definition) is 2. The summed E-state index contributed by atoms with van der Waals surface area (Å²) in [6.07, 6.45) is 0.628. The number of aryl methyl sites for hydroxylation is 3. The van der Waals surface area contributed by atoms with Crippen molar-refractivity contribution in [3.63, 3.8) is 0 Å². The Hall–Kier alpha value is -1.62. The van der Waals surface area contributed by atoms with Crippen LogP contribution in [0, 0.1) is 13.8 Å². The van der Waals surface area contributed by atoms with Crippen molar-refractivity contribution in [3.05, 3.63) is 28.5 Å². The van der Waals surface area contributed by atoms with Crippen molar-refractivity contribution in [2.45, 2.75) is 26.7 Å². The quantitative estimate of drug-likeness (QED) is 0.876. The molecule has 2 rings (SSSR count). The van der Waals surface area contributed by atoms with Gasteiger partial charge in [0.05, 0.1) is 12.1 Å². The summed E-state index contributed by atoms with van der Waals surface area (Å²) in [5.41, 5.74) is 4.17. The van der Waals surface area contributed by atoms with Crippen LogP contribution in [0.2, 0.25) is 0 Å². The van der Waals surface area contributed by atoms with Gasteiger partial charge in [0.2, 0.25) is 0 Å². The lowest BCUT2D eigenvalue weighted by atomic mass is 10.2. The SMILES string of the molecule is Cc1cc(-c2nc(CCC(=O)O)cs2)c(C)[nH]1. The molecule has 2 heterocycles. The van der Waals surface area contributed by atoms with Crippen LogP contribution in [0.5, 0.6) is 0 Å². The van der Waals surface area contributed by atoms with E-state index in [1.165, 1.54) is 0 Å². The summed E-state index contributed by atoms with van der Waals surface area (Å²) in [7, 11) is 0. The number of thiazole rings is 1. The Morgan fingerprint density at radius 2 is 2.29 bits per heavy atom. The van der Waals surface area contributed by atoms with Crippen LogP contribution in [0.15, 0.2) is 11.4 Å². The van der Waals surface area contributed by atoms with Crippen LogP contribution >= 0.6 is 11.3 Å². The molecule has 0 saturated heterocycles. The Kier molecular flexibility index (Phi) is 3.28. The number of H-pyrrole nitrogens is 1. The lowest BCUT2D eigenvalue weighted by Gasteiger charge is -1.93. The lowest BCUT2D eigenvalue weighted by Crippen LogP contribution is -1.97. The predicted octanol–water partition coefficient (Wildman–Crippen LogP) is 2.77. The minimum atomic E-state index is -0.784. The van der Waals surface area contributed by atoms with Crippen LogP contribution in [-0.4, -0.2) is 21.0 Å². The van der Waals surface area contributed by atoms with Crippen LogP contribution in [0.25, 0.3) is 10.6 Å². The number of carbonyl (C=O) groups is 1. The first-order valence-corrected chi connectivity index (χ1v) is 6.27. The summed E-state index contributed by atoms with van der Waals surface area (Å²) < 4.78 is 0. The van der Waals surface area contributed by atoms with Crippen LogP contribution < -0.4 is 0 Å². The van der Waals surface area contributed by atoms with Gasteiger partial charge in [0.15, 0.2) is 0 Å². The van der Waals surface area contributed by atoms with E-state index in [-0.39, 0.29) is 6.42 Å². The summed E-state index contributed by atoms with van der Waals surface area (Å²) in [5, 5.41) is 11.5. The lowest BCUT2D eigenvalue weighted by molar-refractivity contribution is -0.136. The summed E-state index contributed by atoms with van der Waals surface area (Å²) in [6.45, 7) is 4.02. The maximum Gasteiger partial charge on any atom is 0.303 e. The fraction of sp³-hybridized carbons (Fsp3) is 0.333. The molecule has 0 aliphatic carbocycles. The number of nitrogens with zero attached hydrogens (tertiary/aromatic N) is 1. The smallest absolute Gasteiger partial charge is 0.303 e. The molecule has 0 radical (unpaired) electrons. The molecule has 90 valence electrons. The number of aromatic amines is 1. The predicted molar refractivity (Wildman–Crippen MR) is 67.3 cm³/mol. The fourth-order valence-corrected chi connectivity index (χ4v) is 2.65. The van der Waals surface area contributed by atoms with E-state index >= 15 is 0 Å². The highest BCUT2D eigenvalue weighted by atomic mass is 32.1. The average Bonchev–Trinajstić information content (AvgIpc) is 2.82. The molecule has 4 nitrogen and oxygen atoms in total. The molecule has 0 bridgehead atoms. The molecule has 0 aliphatic rings. The fourth-order valence-electron chi connectivity index (χ4n) is 1.73. The van der Waals surface area contributed by atoms with Crippen LogP contribution in [-0.2, 0) is 11.2 Å². The molecule has 0 amide bonds. The van der Waals surface area contributed by atoms with Gasteiger partial charge in [-0.3, -0.25) is 4.79 Å². The number of aromatic nitrogens is 2. The molecule has 2 aromatic rings. The number of carboxylic acids is 1. The van der Waals surface area contributed by atoms with Gasteiger partial charge in [0, 0.05) is 28.8 Å². The van der Waals surface area contributed by atoms with Gasteiger partial charge in [-0.2, -0.15) is 0 Å². The van der Waals surface area contributed by atoms with E-state index in [1.54, 1.807) is 11.3 Å². The number of hydrogen-bond acceptors (Lipinski definition) is 3. The topological polar surface area (TPSA) is 66.0 Å². The standard InChI is InChI=1S/C12H14N2O2S/c1-7-5-10(8(2)13-7)12-14-9(6-17-12)3-4-11(15)16/h5-6,13H,3-4H2,1-2H3,(H,15,16). The maximum absolute atomic E-state index is 10.5. The Balaban J connectivity index is 2.18. The first kappa shape index (κ1) is 11.9. The molecule has 2 aromatic heterocycles. The largest absolute Gasteiger partial charge is 0.481 e. The Bertz CT molecular complexity index is 542. The van der Waals surface area contributed by atoms with E-state index in [4.69, 9.17) is 5.11 Å². The molecule has 5 heteroatoms. The van der Waals surface area contributed by atoms with E-state index in [0.29, 0.717) is 6.42 Å². The van der Waals surface area contributed by atoms with E-state index in [2.05, 4.69) is 16.0 Å². The van der Waals surface area contributed by atoms with E-state index < -0.39 is 5.97 Å². The van der Waals surface area contributed by atoms with Gasteiger partial charge in [-0.1, -0.05) is 0 Å². The zero-order valence-corrected chi connectivity index (χ0v) is 10.6. The highest BCUT2D eigenvalue weighted by Gasteiger charge is 2.10. The monoisotopic (exact) mass is 250 g/mol. The molecule has 0 fully saturated rings. The summed E-state index contributed by atoms with van der Waals surface area (Å²) in [6, 6.07) is 2.06. The highest BCUT2D eigenvalue weighted by molar-refractivity contribution is 7.13. The summed E-state index contributed by atoms with van der Waals surface area (Å²) in [4.78, 5) is 18.2. The van der Waals surface area contributed by atoms with Crippen molar-refractivity contribution in [1.82, 2.24) is 9.97 Å². The third-order valence-electron chi connectivity index (χ3n) is 2.53. The zero-order chi connectivity index (χ0) is 12.4. The second-order valence-corrected chi connectivity index (χ2v) is 4.89. The van der Waals surface area contributed by atoms with Crippen LogP contribution in [0.4, 0.5) is 0 Å². The van der Waals surface area contributed by atoms with Gasteiger partial charge in [0.25, 0.3) is 0 Å². The van der Waals surface area contributed by atoms with Gasteiger partial charge in [-0.15, -0.1) is 11.3 Å². The van der Waals surface area contributed by atoms with Crippen molar-refractivity contribution in [1.29, 1.82) is 0 Å². The second-order valence-electron chi connectivity index (χ2n) is 4.03. The molecular formula is C12H14N2O2S. The van der Waals surface area contributed by atoms with Crippen molar-refractivity contribution >= 4 is 17.3 Å². The Labute approximate surface area is 103 Å². The number of rotatable bonds is 4. The van der Waals surface area contributed by atoms with E-state index in [1.807, 2.05) is 19.2 Å². The molecule has 0 unspecified atom stereocenters. The van der Waals surface area contributed by atoms with E-state index in [9.17, 15) is 4.79 Å². The molecular weight excluding hydrogens is 236 g/mol. The number of nitrogens with one attached hydrogen (secondary N) is 1. The number of aliphatic carboxylic acids is 1. The molecule has 0 atom stereocenters. The van der Waals surface area contributed by atoms with Gasteiger partial charge in [0.1, 0.15) is 5.01 Å². The van der Waals surface area contributed by atoms with Crippen LogP contribution in [0.1, 0.15) is 23.5 Å². The van der Waals surface area contributed by atoms with Crippen molar-refractivity contribution in [3.8, 4) is 10.6 Å². The Morgan fingerprint density at radius 3 is 2.88 bits per heavy atom. The molecule has 0 aliphatic heterocycles. The minimum Gasteiger partial charge on any atom is -0.481 e. The average molecular weight is 250 g/mol. The Morgan fingerprint density at radius 1 is 1.53 bits per heavy atom. The van der Waals surface area contributed by atoms with Gasteiger partial charge >= 0.3 is 5.97 Å². The van der Waals surface area contributed by atoms with Crippen molar-refractivity contribution < 1.29 is 9.90 Å². The van der Waals surface area contributed by atoms with Gasteiger partial charge in [-0.05, 0) is 19.9 Å². The minimum absolute atomic E-state index is 0.133. The van der Waals surface area contributed by atoms with E-state index in [0.717, 1.165) is 27.7 Å². The first-order chi connectivity index (χ1) is 8.06. The second kappa shape index (κ2) is 4.71. The molecule has 0 spiro atoms.